The molecule has 38 heavy (non-hydrogen) atoms. The van der Waals surface area contributed by atoms with Crippen molar-refractivity contribution in [3.63, 3.8) is 0 Å². The number of likely N-dealkylation sites (tertiary alicyclic amines) is 1. The number of carbonyl (C=O) groups is 1. The van der Waals surface area contributed by atoms with Crippen molar-refractivity contribution >= 4 is 22.5 Å². The quantitative estimate of drug-likeness (QED) is 0.374. The number of ether oxygens (including phenoxy) is 1. The van der Waals surface area contributed by atoms with Crippen LogP contribution in [0.2, 0.25) is 0 Å². The smallest absolute Gasteiger partial charge is 0.260 e. The van der Waals surface area contributed by atoms with Gasteiger partial charge < -0.3 is 14.5 Å². The first-order chi connectivity index (χ1) is 18.7. The molecule has 0 N–H and O–H groups in total. The van der Waals surface area contributed by atoms with E-state index in [9.17, 15) is 4.79 Å². The minimum absolute atomic E-state index is 0.0553. The Balaban J connectivity index is 1.20. The van der Waals surface area contributed by atoms with E-state index in [1.807, 2.05) is 46.2 Å². The monoisotopic (exact) mass is 510 g/mol. The molecule has 0 bridgehead atoms. The fourth-order valence-corrected chi connectivity index (χ4v) is 5.34. The summed E-state index contributed by atoms with van der Waals surface area (Å²) in [5.41, 5.74) is 5.11. The number of hydrogen-bond acceptors (Lipinski definition) is 6. The van der Waals surface area contributed by atoms with Crippen LogP contribution in [0.4, 0.5) is 5.69 Å². The van der Waals surface area contributed by atoms with Gasteiger partial charge in [-0.25, -0.2) is 4.68 Å². The van der Waals surface area contributed by atoms with Crippen LogP contribution < -0.4 is 9.64 Å². The molecule has 2 aromatic carbocycles. The third-order valence-electron chi connectivity index (χ3n) is 7.51. The highest BCUT2D eigenvalue weighted by Gasteiger charge is 2.25. The third-order valence-corrected chi connectivity index (χ3v) is 7.51. The first-order valence-corrected chi connectivity index (χ1v) is 13.5. The lowest BCUT2D eigenvalue weighted by Gasteiger charge is -2.31. The fourth-order valence-electron chi connectivity index (χ4n) is 5.34. The van der Waals surface area contributed by atoms with E-state index in [0.717, 1.165) is 97.9 Å². The van der Waals surface area contributed by atoms with Crippen LogP contribution in [0.1, 0.15) is 24.1 Å². The van der Waals surface area contributed by atoms with E-state index in [0.29, 0.717) is 0 Å². The van der Waals surface area contributed by atoms with Crippen LogP contribution in [0, 0.1) is 6.92 Å². The highest BCUT2D eigenvalue weighted by atomic mass is 16.5. The number of rotatable bonds is 7. The first-order valence-electron chi connectivity index (χ1n) is 13.5. The van der Waals surface area contributed by atoms with Crippen molar-refractivity contribution in [3.05, 3.63) is 78.2 Å². The molecule has 2 aromatic heterocycles. The molecule has 4 aromatic rings. The van der Waals surface area contributed by atoms with E-state index in [1.54, 1.807) is 0 Å². The maximum atomic E-state index is 12.6. The van der Waals surface area contributed by atoms with E-state index < -0.39 is 0 Å². The second-order valence-corrected chi connectivity index (χ2v) is 10.2. The lowest BCUT2D eigenvalue weighted by molar-refractivity contribution is -0.136. The molecule has 0 radical (unpaired) electrons. The molecule has 8 nitrogen and oxygen atoms in total. The molecular weight excluding hydrogens is 476 g/mol. The van der Waals surface area contributed by atoms with Crippen molar-refractivity contribution in [1.29, 1.82) is 0 Å². The molecule has 0 aliphatic carbocycles. The van der Waals surface area contributed by atoms with Crippen LogP contribution in [-0.2, 0) is 11.3 Å². The van der Waals surface area contributed by atoms with Gasteiger partial charge in [-0.1, -0.05) is 24.3 Å². The highest BCUT2D eigenvalue weighted by molar-refractivity contribution is 5.95. The van der Waals surface area contributed by atoms with Crippen LogP contribution in [0.5, 0.6) is 5.75 Å². The second-order valence-electron chi connectivity index (χ2n) is 10.2. The minimum atomic E-state index is 0.0553. The lowest BCUT2D eigenvalue weighted by atomic mass is 10.1. The second kappa shape index (κ2) is 10.8. The predicted octanol–water partition coefficient (Wildman–Crippen LogP) is 4.05. The summed E-state index contributed by atoms with van der Waals surface area (Å²) >= 11 is 0. The van der Waals surface area contributed by atoms with Gasteiger partial charge in [0.05, 0.1) is 16.9 Å². The fraction of sp³-hybridized carbons (Fsp3) is 0.367. The maximum Gasteiger partial charge on any atom is 0.260 e. The number of aromatic nitrogens is 3. The molecule has 0 spiro atoms. The van der Waals surface area contributed by atoms with Crippen LogP contribution in [-0.4, -0.2) is 76.3 Å². The van der Waals surface area contributed by atoms with Crippen molar-refractivity contribution in [1.82, 2.24) is 24.6 Å². The molecule has 196 valence electrons. The zero-order valence-electron chi connectivity index (χ0n) is 21.9. The van der Waals surface area contributed by atoms with Gasteiger partial charge in [0.15, 0.2) is 6.61 Å². The van der Waals surface area contributed by atoms with Gasteiger partial charge in [-0.15, -0.1) is 0 Å². The first kappa shape index (κ1) is 24.4. The van der Waals surface area contributed by atoms with Crippen molar-refractivity contribution in [2.24, 2.45) is 0 Å². The van der Waals surface area contributed by atoms with Gasteiger partial charge in [-0.05, 0) is 55.7 Å². The van der Waals surface area contributed by atoms with Crippen LogP contribution in [0.3, 0.4) is 0 Å². The minimum Gasteiger partial charge on any atom is -0.481 e. The Hall–Kier alpha value is -3.91. The zero-order chi connectivity index (χ0) is 25.9. The van der Waals surface area contributed by atoms with Crippen LogP contribution >= 0.6 is 0 Å². The summed E-state index contributed by atoms with van der Waals surface area (Å²) in [6.45, 7) is 8.27. The number of hydrogen-bond donors (Lipinski definition) is 0. The number of para-hydroxylation sites is 1. The summed E-state index contributed by atoms with van der Waals surface area (Å²) in [6, 6.07) is 18.5. The largest absolute Gasteiger partial charge is 0.481 e. The predicted molar refractivity (Wildman–Crippen MR) is 149 cm³/mol. The van der Waals surface area contributed by atoms with E-state index >= 15 is 0 Å². The topological polar surface area (TPSA) is 66.7 Å². The Morgan fingerprint density at radius 2 is 1.79 bits per heavy atom. The van der Waals surface area contributed by atoms with Gasteiger partial charge in [-0.3, -0.25) is 14.7 Å². The molecule has 0 saturated carbocycles. The van der Waals surface area contributed by atoms with E-state index in [2.05, 4.69) is 47.1 Å². The number of fused-ring (bicyclic) bond motifs is 1. The molecule has 2 saturated heterocycles. The van der Waals surface area contributed by atoms with Crippen LogP contribution in [0.25, 0.3) is 16.6 Å². The average Bonchev–Trinajstić information content (AvgIpc) is 3.25. The summed E-state index contributed by atoms with van der Waals surface area (Å²) in [6.07, 6.45) is 5.97. The Morgan fingerprint density at radius 1 is 0.947 bits per heavy atom. The molecule has 1 amide bonds. The lowest BCUT2D eigenvalue weighted by Crippen LogP contribution is -2.44. The molecule has 2 aliphatic heterocycles. The number of benzene rings is 2. The number of nitrogens with zero attached hydrogens (tertiary/aromatic N) is 6. The van der Waals surface area contributed by atoms with Crippen molar-refractivity contribution < 1.29 is 9.53 Å². The normalized spacial score (nSPS) is 16.3. The molecule has 4 heterocycles. The molecule has 8 heteroatoms. The molecule has 6 rings (SSSR count). The number of pyridine rings is 1. The van der Waals surface area contributed by atoms with Gasteiger partial charge in [-0.2, -0.15) is 5.10 Å². The van der Waals surface area contributed by atoms with Crippen LogP contribution in [0.15, 0.2) is 67.0 Å². The molecular formula is C30H34N6O2. The van der Waals surface area contributed by atoms with Crippen molar-refractivity contribution in [3.8, 4) is 11.4 Å². The molecule has 0 atom stereocenters. The van der Waals surface area contributed by atoms with Crippen molar-refractivity contribution in [2.75, 3.05) is 50.8 Å². The maximum absolute atomic E-state index is 12.6. The summed E-state index contributed by atoms with van der Waals surface area (Å²) in [5.74, 6) is 0.833. The SMILES string of the molecule is Cc1cc2cccnc2c(N2CCCN(Cc3ccn(-c4ccccc4)n3)CC2)c1OCC(=O)N1CCC1. The van der Waals surface area contributed by atoms with Gasteiger partial charge in [0.1, 0.15) is 11.4 Å². The Bertz CT molecular complexity index is 1420. The Morgan fingerprint density at radius 3 is 2.61 bits per heavy atom. The summed E-state index contributed by atoms with van der Waals surface area (Å²) in [4.78, 5) is 24.1. The standard InChI is InChI=1S/C30H34N6O2/c1-23-20-24-8-5-12-31-28(24)29(30(23)38-22-27(37)34-14-7-15-34)35-16-6-13-33(18-19-35)21-25-11-17-36(32-25)26-9-3-2-4-10-26/h2-5,8-12,17,20H,6-7,13-16,18-19,21-22H2,1H3. The number of anilines is 1. The summed E-state index contributed by atoms with van der Waals surface area (Å²) < 4.78 is 8.20. The number of amides is 1. The van der Waals surface area contributed by atoms with E-state index in [1.165, 1.54) is 0 Å². The van der Waals surface area contributed by atoms with Gasteiger partial charge in [0, 0.05) is 63.6 Å². The van der Waals surface area contributed by atoms with Gasteiger partial charge in [0.2, 0.25) is 0 Å². The van der Waals surface area contributed by atoms with Gasteiger partial charge >= 0.3 is 0 Å². The van der Waals surface area contributed by atoms with Gasteiger partial charge in [0.25, 0.3) is 5.91 Å². The molecule has 0 unspecified atom stereocenters. The summed E-state index contributed by atoms with van der Waals surface area (Å²) in [5, 5.41) is 5.90. The number of carbonyl (C=O) groups excluding carboxylic acids is 1. The summed E-state index contributed by atoms with van der Waals surface area (Å²) in [7, 11) is 0. The third kappa shape index (κ3) is 5.09. The molecule has 2 aliphatic rings. The van der Waals surface area contributed by atoms with Crippen molar-refractivity contribution in [2.45, 2.75) is 26.3 Å². The van der Waals surface area contributed by atoms with E-state index in [-0.39, 0.29) is 12.5 Å². The highest BCUT2D eigenvalue weighted by Crippen LogP contribution is 2.39. The average molecular weight is 511 g/mol. The molecule has 2 fully saturated rings. The zero-order valence-corrected chi connectivity index (χ0v) is 21.9. The Kier molecular flexibility index (Phi) is 6.96. The van der Waals surface area contributed by atoms with E-state index in [4.69, 9.17) is 14.8 Å². The number of aryl methyl sites for hydroxylation is 1. The Labute approximate surface area is 223 Å².